The van der Waals surface area contributed by atoms with Crippen molar-refractivity contribution < 1.29 is 24.2 Å². The first-order valence-electron chi connectivity index (χ1n) is 6.34. The fraction of sp³-hybridized carbons (Fsp3) is 0.846. The van der Waals surface area contributed by atoms with Gasteiger partial charge in [-0.25, -0.2) is 0 Å². The summed E-state index contributed by atoms with van der Waals surface area (Å²) in [6.45, 7) is 5.71. The van der Waals surface area contributed by atoms with E-state index in [1.165, 1.54) is 0 Å². The molecule has 0 saturated heterocycles. The van der Waals surface area contributed by atoms with Crippen LogP contribution in [0.2, 0.25) is 0 Å². The minimum atomic E-state index is -0.967. The van der Waals surface area contributed by atoms with Crippen molar-refractivity contribution >= 4 is 12.4 Å². The number of aliphatic hydroxyl groups excluding tert-OH is 1. The topological polar surface area (TPSA) is 72.8 Å². The minimum Gasteiger partial charge on any atom is -0.465 e. The fourth-order valence-electron chi connectivity index (χ4n) is 1.48. The predicted molar refractivity (Wildman–Crippen MR) is 66.9 cm³/mol. The van der Waals surface area contributed by atoms with Gasteiger partial charge in [0.15, 0.2) is 0 Å². The van der Waals surface area contributed by atoms with Gasteiger partial charge in [-0.2, -0.15) is 0 Å². The van der Waals surface area contributed by atoms with Crippen LogP contribution in [0.3, 0.4) is 0 Å². The van der Waals surface area contributed by atoms with E-state index in [2.05, 4.69) is 11.7 Å². The smallest absolute Gasteiger partial charge is 0.311 e. The van der Waals surface area contributed by atoms with Gasteiger partial charge in [0.1, 0.15) is 19.3 Å². The Labute approximate surface area is 108 Å². The molecular formula is C13H24O5. The SMILES string of the molecule is CCCCCC(C)(C)C(=O)OCC(O)COC=O. The van der Waals surface area contributed by atoms with Gasteiger partial charge < -0.3 is 14.6 Å². The van der Waals surface area contributed by atoms with Crippen molar-refractivity contribution in [2.45, 2.75) is 52.6 Å². The highest BCUT2D eigenvalue weighted by Crippen LogP contribution is 2.25. The number of aliphatic hydroxyl groups is 1. The second kappa shape index (κ2) is 8.91. The minimum absolute atomic E-state index is 0.149. The van der Waals surface area contributed by atoms with Crippen LogP contribution in [-0.4, -0.2) is 36.9 Å². The van der Waals surface area contributed by atoms with E-state index >= 15 is 0 Å². The molecule has 0 bridgehead atoms. The van der Waals surface area contributed by atoms with E-state index in [0.29, 0.717) is 0 Å². The number of esters is 1. The highest BCUT2D eigenvalue weighted by molar-refractivity contribution is 5.75. The molecule has 0 amide bonds. The third kappa shape index (κ3) is 7.27. The van der Waals surface area contributed by atoms with Crippen molar-refractivity contribution in [3.63, 3.8) is 0 Å². The maximum absolute atomic E-state index is 11.8. The van der Waals surface area contributed by atoms with E-state index in [4.69, 9.17) is 4.74 Å². The van der Waals surface area contributed by atoms with Crippen molar-refractivity contribution in [3.05, 3.63) is 0 Å². The molecule has 1 N–H and O–H groups in total. The van der Waals surface area contributed by atoms with Crippen LogP contribution in [0.4, 0.5) is 0 Å². The predicted octanol–water partition coefficient (Wildman–Crippen LogP) is 1.67. The Hall–Kier alpha value is -1.10. The lowest BCUT2D eigenvalue weighted by atomic mass is 9.87. The molecule has 0 saturated carbocycles. The quantitative estimate of drug-likeness (QED) is 0.367. The zero-order valence-corrected chi connectivity index (χ0v) is 11.5. The van der Waals surface area contributed by atoms with E-state index in [9.17, 15) is 14.7 Å². The van der Waals surface area contributed by atoms with E-state index in [-0.39, 0.29) is 25.7 Å². The molecule has 0 aliphatic carbocycles. The molecule has 0 aromatic carbocycles. The average Bonchev–Trinajstić information content (AvgIpc) is 2.33. The molecule has 0 aromatic rings. The maximum Gasteiger partial charge on any atom is 0.311 e. The van der Waals surface area contributed by atoms with Crippen molar-refractivity contribution in [3.8, 4) is 0 Å². The molecule has 0 radical (unpaired) electrons. The number of hydrogen-bond donors (Lipinski definition) is 1. The Morgan fingerprint density at radius 1 is 1.33 bits per heavy atom. The third-order valence-corrected chi connectivity index (χ3v) is 2.72. The van der Waals surface area contributed by atoms with E-state index in [0.717, 1.165) is 25.7 Å². The van der Waals surface area contributed by atoms with Gasteiger partial charge in [0.2, 0.25) is 0 Å². The monoisotopic (exact) mass is 260 g/mol. The van der Waals surface area contributed by atoms with Crippen LogP contribution in [0.15, 0.2) is 0 Å². The number of carbonyl (C=O) groups is 2. The first-order valence-corrected chi connectivity index (χ1v) is 6.34. The Morgan fingerprint density at radius 2 is 2.00 bits per heavy atom. The summed E-state index contributed by atoms with van der Waals surface area (Å²) < 4.78 is 9.38. The summed E-state index contributed by atoms with van der Waals surface area (Å²) in [5.74, 6) is -0.330. The Kier molecular flexibility index (Phi) is 8.37. The number of unbranched alkanes of at least 4 members (excludes halogenated alkanes) is 2. The van der Waals surface area contributed by atoms with Crippen molar-refractivity contribution in [1.29, 1.82) is 0 Å². The summed E-state index contributed by atoms with van der Waals surface area (Å²) in [6, 6.07) is 0. The lowest BCUT2D eigenvalue weighted by Gasteiger charge is -2.23. The number of hydrogen-bond acceptors (Lipinski definition) is 5. The van der Waals surface area contributed by atoms with Crippen molar-refractivity contribution in [1.82, 2.24) is 0 Å². The van der Waals surface area contributed by atoms with Gasteiger partial charge in [0, 0.05) is 0 Å². The van der Waals surface area contributed by atoms with Crippen LogP contribution in [0.5, 0.6) is 0 Å². The summed E-state index contributed by atoms with van der Waals surface area (Å²) in [5, 5.41) is 9.35. The fourth-order valence-corrected chi connectivity index (χ4v) is 1.48. The molecule has 106 valence electrons. The van der Waals surface area contributed by atoms with E-state index < -0.39 is 11.5 Å². The molecule has 0 heterocycles. The Balaban J connectivity index is 3.94. The molecule has 0 rings (SSSR count). The summed E-state index contributed by atoms with van der Waals surface area (Å²) in [4.78, 5) is 21.7. The number of rotatable bonds is 10. The average molecular weight is 260 g/mol. The van der Waals surface area contributed by atoms with Gasteiger partial charge in [0.25, 0.3) is 6.47 Å². The normalized spacial score (nSPS) is 12.9. The number of ether oxygens (including phenoxy) is 2. The molecule has 0 aromatic heterocycles. The van der Waals surface area contributed by atoms with Crippen molar-refractivity contribution in [2.75, 3.05) is 13.2 Å². The van der Waals surface area contributed by atoms with Crippen LogP contribution in [0, 0.1) is 5.41 Å². The molecule has 0 spiro atoms. The molecular weight excluding hydrogens is 236 g/mol. The lowest BCUT2D eigenvalue weighted by molar-refractivity contribution is -0.158. The maximum atomic E-state index is 11.8. The highest BCUT2D eigenvalue weighted by Gasteiger charge is 2.29. The highest BCUT2D eigenvalue weighted by atomic mass is 16.6. The van der Waals surface area contributed by atoms with Gasteiger partial charge in [-0.3, -0.25) is 9.59 Å². The molecule has 1 unspecified atom stereocenters. The zero-order chi connectivity index (χ0) is 14.0. The zero-order valence-electron chi connectivity index (χ0n) is 11.5. The standard InChI is InChI=1S/C13H24O5/c1-4-5-6-7-13(2,3)12(16)18-9-11(15)8-17-10-14/h10-11,15H,4-9H2,1-3H3. The molecule has 0 aliphatic rings. The van der Waals surface area contributed by atoms with Crippen LogP contribution < -0.4 is 0 Å². The van der Waals surface area contributed by atoms with Crippen LogP contribution in [-0.2, 0) is 19.1 Å². The van der Waals surface area contributed by atoms with Gasteiger partial charge >= 0.3 is 5.97 Å². The summed E-state index contributed by atoms with van der Waals surface area (Å²) in [5.41, 5.74) is -0.541. The third-order valence-electron chi connectivity index (χ3n) is 2.72. The largest absolute Gasteiger partial charge is 0.465 e. The van der Waals surface area contributed by atoms with Gasteiger partial charge in [-0.15, -0.1) is 0 Å². The van der Waals surface area contributed by atoms with Crippen LogP contribution in [0.1, 0.15) is 46.5 Å². The van der Waals surface area contributed by atoms with Crippen LogP contribution in [0.25, 0.3) is 0 Å². The van der Waals surface area contributed by atoms with E-state index in [1.54, 1.807) is 0 Å². The van der Waals surface area contributed by atoms with Crippen molar-refractivity contribution in [2.24, 2.45) is 5.41 Å². The summed E-state index contributed by atoms with van der Waals surface area (Å²) in [7, 11) is 0. The second-order valence-electron chi connectivity index (χ2n) is 5.02. The molecule has 0 fully saturated rings. The first kappa shape index (κ1) is 16.9. The molecule has 0 aliphatic heterocycles. The number of carbonyl (C=O) groups excluding carboxylic acids is 2. The molecule has 5 heteroatoms. The van der Waals surface area contributed by atoms with Gasteiger partial charge in [-0.1, -0.05) is 26.2 Å². The summed E-state index contributed by atoms with van der Waals surface area (Å²) >= 11 is 0. The summed E-state index contributed by atoms with van der Waals surface area (Å²) in [6.07, 6.45) is 2.97. The Morgan fingerprint density at radius 3 is 2.56 bits per heavy atom. The second-order valence-corrected chi connectivity index (χ2v) is 5.02. The molecule has 1 atom stereocenters. The van der Waals surface area contributed by atoms with E-state index in [1.807, 2.05) is 13.8 Å². The molecule has 18 heavy (non-hydrogen) atoms. The molecule has 5 nitrogen and oxygen atoms in total. The first-order chi connectivity index (χ1) is 8.44. The van der Waals surface area contributed by atoms with Gasteiger partial charge in [-0.05, 0) is 20.3 Å². The Bertz CT molecular complexity index is 250. The van der Waals surface area contributed by atoms with Crippen LogP contribution >= 0.6 is 0 Å². The van der Waals surface area contributed by atoms with Gasteiger partial charge in [0.05, 0.1) is 5.41 Å². The lowest BCUT2D eigenvalue weighted by Crippen LogP contribution is -2.31.